The zero-order chi connectivity index (χ0) is 12.7. The molecule has 0 aromatic heterocycles. The first-order valence-electron chi connectivity index (χ1n) is 6.05. The highest BCUT2D eigenvalue weighted by molar-refractivity contribution is 8.08. The molecule has 0 unspecified atom stereocenters. The van der Waals surface area contributed by atoms with E-state index in [0.717, 1.165) is 31.2 Å². The summed E-state index contributed by atoms with van der Waals surface area (Å²) in [7, 11) is 0. The topological polar surface area (TPSA) is 52.6 Å². The van der Waals surface area contributed by atoms with Gasteiger partial charge in [-0.3, -0.25) is 0 Å². The first-order chi connectivity index (χ1) is 8.14. The molecule has 0 aromatic carbocycles. The van der Waals surface area contributed by atoms with Crippen LogP contribution < -0.4 is 0 Å². The average Bonchev–Trinajstić information content (AvgIpc) is 2.30. The summed E-state index contributed by atoms with van der Waals surface area (Å²) in [5.41, 5.74) is 0. The van der Waals surface area contributed by atoms with Gasteiger partial charge >= 0.3 is 11.4 Å². The number of carbonyl (C=O) groups excluding carboxylic acids is 2. The van der Waals surface area contributed by atoms with E-state index in [1.165, 1.54) is 0 Å². The molecule has 0 radical (unpaired) electrons. The molecule has 6 heteroatoms. The van der Waals surface area contributed by atoms with Gasteiger partial charge in [0.05, 0.1) is 13.2 Å². The second kappa shape index (κ2) is 6.86. The highest BCUT2D eigenvalue weighted by Crippen LogP contribution is 2.32. The second-order valence-electron chi connectivity index (χ2n) is 3.87. The molecular weight excluding hydrogens is 242 g/mol. The lowest BCUT2D eigenvalue weighted by Gasteiger charge is -2.33. The third-order valence-electron chi connectivity index (χ3n) is 2.65. The molecule has 5 nitrogen and oxygen atoms in total. The molecule has 1 aliphatic rings. The summed E-state index contributed by atoms with van der Waals surface area (Å²) in [5.74, 6) is 0. The third kappa shape index (κ3) is 3.89. The predicted molar refractivity (Wildman–Crippen MR) is 65.5 cm³/mol. The Morgan fingerprint density at radius 2 is 1.65 bits per heavy atom. The lowest BCUT2D eigenvalue weighted by atomic mass is 10.1. The molecule has 17 heavy (non-hydrogen) atoms. The van der Waals surface area contributed by atoms with Gasteiger partial charge in [-0.2, -0.15) is 8.68 Å². The van der Waals surface area contributed by atoms with Crippen LogP contribution in [-0.4, -0.2) is 41.6 Å². The number of quaternary nitrogens is 1. The molecule has 1 aliphatic heterocycles. The van der Waals surface area contributed by atoms with E-state index in [9.17, 15) is 9.59 Å². The molecule has 1 rings (SSSR count). The van der Waals surface area contributed by atoms with Gasteiger partial charge in [0.1, 0.15) is 13.1 Å². The number of piperidine rings is 1. The fourth-order valence-electron chi connectivity index (χ4n) is 1.86. The fraction of sp³-hybridized carbons (Fsp3) is 0.818. The Labute approximate surface area is 106 Å². The van der Waals surface area contributed by atoms with E-state index in [0.29, 0.717) is 26.3 Å². The van der Waals surface area contributed by atoms with Gasteiger partial charge in [-0.25, -0.2) is 4.79 Å². The van der Waals surface area contributed by atoms with Crippen LogP contribution in [0.25, 0.3) is 0 Å². The molecule has 0 aromatic rings. The highest BCUT2D eigenvalue weighted by atomic mass is 32.2. The average molecular weight is 262 g/mol. The van der Waals surface area contributed by atoms with E-state index >= 15 is 0 Å². The van der Waals surface area contributed by atoms with Crippen molar-refractivity contribution in [1.82, 2.24) is 0 Å². The zero-order valence-electron chi connectivity index (χ0n) is 10.4. The van der Waals surface area contributed by atoms with Crippen LogP contribution in [-0.2, 0) is 9.47 Å². The third-order valence-corrected chi connectivity index (χ3v) is 3.78. The van der Waals surface area contributed by atoms with Gasteiger partial charge in [-0.15, -0.1) is 0 Å². The normalized spacial score (nSPS) is 18.5. The molecule has 0 atom stereocenters. The van der Waals surface area contributed by atoms with Crippen LogP contribution in [0.4, 0.5) is 9.59 Å². The number of rotatable bonds is 2. The van der Waals surface area contributed by atoms with Gasteiger partial charge in [0.25, 0.3) is 0 Å². The standard InChI is InChI=1S/C11H20NO4S/c1-3-15-10(13)12(8-6-5-7-9-12)17-11(14)16-4-2/h3-9H2,1-2H3/q+1. The molecule has 1 saturated heterocycles. The smallest absolute Gasteiger partial charge is 0.454 e. The van der Waals surface area contributed by atoms with Crippen molar-refractivity contribution in [1.29, 1.82) is 0 Å². The van der Waals surface area contributed by atoms with Gasteiger partial charge in [-0.05, 0) is 33.1 Å². The van der Waals surface area contributed by atoms with Crippen molar-refractivity contribution in [2.75, 3.05) is 26.3 Å². The van der Waals surface area contributed by atoms with Crippen LogP contribution >= 0.6 is 11.9 Å². The van der Waals surface area contributed by atoms with Crippen LogP contribution in [0.1, 0.15) is 33.1 Å². The second-order valence-corrected chi connectivity index (χ2v) is 5.09. The Morgan fingerprint density at radius 1 is 1.06 bits per heavy atom. The lowest BCUT2D eigenvalue weighted by Crippen LogP contribution is -2.51. The largest absolute Gasteiger partial charge is 0.528 e. The number of amides is 1. The Hall–Kier alpha value is -0.750. The van der Waals surface area contributed by atoms with Crippen LogP contribution in [0.15, 0.2) is 0 Å². The number of hydrogen-bond donors (Lipinski definition) is 0. The van der Waals surface area contributed by atoms with Crippen molar-refractivity contribution in [2.45, 2.75) is 33.1 Å². The summed E-state index contributed by atoms with van der Waals surface area (Å²) >= 11 is 0.942. The van der Waals surface area contributed by atoms with Crippen molar-refractivity contribution in [3.8, 4) is 0 Å². The summed E-state index contributed by atoms with van der Waals surface area (Å²) in [6, 6.07) is 0. The molecule has 1 amide bonds. The number of nitrogens with zero attached hydrogens (tertiary/aromatic N) is 1. The molecule has 98 valence electrons. The highest BCUT2D eigenvalue weighted by Gasteiger charge is 2.45. The SMILES string of the molecule is CCOC(=O)S[N+]1(C(=O)OCC)CCCCC1. The van der Waals surface area contributed by atoms with E-state index in [-0.39, 0.29) is 9.98 Å². The number of ether oxygens (including phenoxy) is 2. The molecule has 0 spiro atoms. The molecule has 0 saturated carbocycles. The fourth-order valence-corrected chi connectivity index (χ4v) is 2.89. The molecule has 0 aliphatic carbocycles. The zero-order valence-corrected chi connectivity index (χ0v) is 11.3. The van der Waals surface area contributed by atoms with Crippen molar-refractivity contribution in [3.05, 3.63) is 0 Å². The number of likely N-dealkylation sites (tertiary alicyclic amines) is 1. The van der Waals surface area contributed by atoms with Gasteiger partial charge in [-0.1, -0.05) is 0 Å². The van der Waals surface area contributed by atoms with Gasteiger partial charge in [0.15, 0.2) is 0 Å². The lowest BCUT2D eigenvalue weighted by molar-refractivity contribution is -0.725. The Balaban J connectivity index is 2.70. The Morgan fingerprint density at radius 3 is 2.18 bits per heavy atom. The van der Waals surface area contributed by atoms with E-state index in [4.69, 9.17) is 9.47 Å². The van der Waals surface area contributed by atoms with Crippen molar-refractivity contribution in [2.24, 2.45) is 0 Å². The maximum atomic E-state index is 12.0. The molecule has 1 heterocycles. The van der Waals surface area contributed by atoms with E-state index < -0.39 is 5.30 Å². The maximum absolute atomic E-state index is 12.0. The molecule has 0 N–H and O–H groups in total. The minimum atomic E-state index is -0.401. The first-order valence-corrected chi connectivity index (χ1v) is 6.82. The Bertz CT molecular complexity index is 277. The summed E-state index contributed by atoms with van der Waals surface area (Å²) in [6.45, 7) is 5.47. The number of hydrogen-bond acceptors (Lipinski definition) is 5. The minimum Gasteiger partial charge on any atom is -0.454 e. The molecule has 1 fully saturated rings. The van der Waals surface area contributed by atoms with E-state index in [2.05, 4.69) is 0 Å². The quantitative estimate of drug-likeness (QED) is 0.435. The minimum absolute atomic E-state index is 0.0205. The van der Waals surface area contributed by atoms with Gasteiger partial charge < -0.3 is 9.47 Å². The van der Waals surface area contributed by atoms with E-state index in [1.54, 1.807) is 13.8 Å². The summed E-state index contributed by atoms with van der Waals surface area (Å²) in [4.78, 5) is 23.5. The maximum Gasteiger partial charge on any atom is 0.528 e. The van der Waals surface area contributed by atoms with Crippen LogP contribution in [0, 0.1) is 0 Å². The van der Waals surface area contributed by atoms with Gasteiger partial charge in [0, 0.05) is 0 Å². The van der Waals surface area contributed by atoms with Crippen molar-refractivity contribution >= 4 is 23.3 Å². The first kappa shape index (κ1) is 14.3. The monoisotopic (exact) mass is 262 g/mol. The summed E-state index contributed by atoms with van der Waals surface area (Å²) in [6.07, 6.45) is 2.64. The van der Waals surface area contributed by atoms with Gasteiger partial charge in [0.2, 0.25) is 11.9 Å². The number of carbonyl (C=O) groups is 2. The summed E-state index contributed by atoms with van der Waals surface area (Å²) in [5, 5.41) is -0.401. The summed E-state index contributed by atoms with van der Waals surface area (Å²) < 4.78 is 9.99. The Kier molecular flexibility index (Phi) is 5.77. The van der Waals surface area contributed by atoms with Crippen LogP contribution in [0.3, 0.4) is 0 Å². The molecular formula is C11H20NO4S+. The van der Waals surface area contributed by atoms with Crippen molar-refractivity contribution in [3.63, 3.8) is 0 Å². The van der Waals surface area contributed by atoms with Crippen molar-refractivity contribution < 1.29 is 23.0 Å². The molecule has 0 bridgehead atoms. The van der Waals surface area contributed by atoms with E-state index in [1.807, 2.05) is 0 Å². The predicted octanol–water partition coefficient (Wildman–Crippen LogP) is 2.95. The van der Waals surface area contributed by atoms with Crippen LogP contribution in [0.2, 0.25) is 0 Å². The van der Waals surface area contributed by atoms with Crippen LogP contribution in [0.5, 0.6) is 0 Å².